The van der Waals surface area contributed by atoms with Crippen molar-refractivity contribution in [3.63, 3.8) is 0 Å². The van der Waals surface area contributed by atoms with Gasteiger partial charge >= 0.3 is 0 Å². The minimum atomic E-state index is -0.436. The van der Waals surface area contributed by atoms with Crippen LogP contribution in [0, 0.1) is 5.82 Å². The van der Waals surface area contributed by atoms with Crippen LogP contribution in [0.2, 0.25) is 0 Å². The van der Waals surface area contributed by atoms with E-state index in [1.807, 2.05) is 22.9 Å². The molecule has 4 heterocycles. The Balaban J connectivity index is 1.41. The van der Waals surface area contributed by atoms with Gasteiger partial charge in [-0.05, 0) is 44.0 Å². The summed E-state index contributed by atoms with van der Waals surface area (Å²) in [6, 6.07) is 7.52. The molecule has 0 fully saturated rings. The van der Waals surface area contributed by atoms with Gasteiger partial charge in [-0.1, -0.05) is 0 Å². The second-order valence-corrected chi connectivity index (χ2v) is 8.54. The fourth-order valence-corrected chi connectivity index (χ4v) is 4.04. The fourth-order valence-electron chi connectivity index (χ4n) is 4.04. The lowest BCUT2D eigenvalue weighted by Crippen LogP contribution is -2.10. The molecule has 5 aromatic rings. The highest BCUT2D eigenvalue weighted by atomic mass is 19.1. The van der Waals surface area contributed by atoms with Crippen LogP contribution < -0.4 is 15.8 Å². The molecule has 1 aromatic carbocycles. The van der Waals surface area contributed by atoms with Gasteiger partial charge in [0.25, 0.3) is 0 Å². The predicted molar refractivity (Wildman–Crippen MR) is 134 cm³/mol. The third kappa shape index (κ3) is 4.65. The van der Waals surface area contributed by atoms with E-state index in [0.717, 1.165) is 29.3 Å². The summed E-state index contributed by atoms with van der Waals surface area (Å²) in [5.74, 6) is 1.35. The van der Waals surface area contributed by atoms with Crippen LogP contribution in [0.3, 0.4) is 0 Å². The van der Waals surface area contributed by atoms with E-state index in [-0.39, 0.29) is 6.04 Å². The number of anilines is 1. The van der Waals surface area contributed by atoms with Crippen LogP contribution in [0.25, 0.3) is 33.5 Å². The van der Waals surface area contributed by atoms with Crippen molar-refractivity contribution in [2.75, 3.05) is 25.0 Å². The van der Waals surface area contributed by atoms with Crippen LogP contribution in [0.15, 0.2) is 49.2 Å². The fraction of sp³-hybridized carbons (Fsp3) is 0.280. The van der Waals surface area contributed by atoms with Gasteiger partial charge in [0, 0.05) is 54.1 Å². The molecule has 0 aliphatic rings. The summed E-state index contributed by atoms with van der Waals surface area (Å²) in [7, 11) is 0. The SMILES string of the molecule is CC(C)n1cnc2c(NCCc3c[nH]c4cc(OCCN)ccc34)nc(-c3cncc(F)c3)nc21. The average Bonchev–Trinajstić information content (AvgIpc) is 3.47. The zero-order valence-corrected chi connectivity index (χ0v) is 19.6. The second kappa shape index (κ2) is 9.67. The first-order valence-corrected chi connectivity index (χ1v) is 11.6. The Labute approximate surface area is 201 Å². The third-order valence-corrected chi connectivity index (χ3v) is 5.75. The molecule has 0 saturated heterocycles. The summed E-state index contributed by atoms with van der Waals surface area (Å²) in [5.41, 5.74) is 9.57. The van der Waals surface area contributed by atoms with Crippen LogP contribution >= 0.6 is 0 Å². The van der Waals surface area contributed by atoms with E-state index in [1.54, 1.807) is 12.5 Å². The van der Waals surface area contributed by atoms with E-state index in [0.29, 0.717) is 48.1 Å². The Kier molecular flexibility index (Phi) is 6.28. The zero-order chi connectivity index (χ0) is 24.4. The average molecular weight is 475 g/mol. The van der Waals surface area contributed by atoms with Crippen molar-refractivity contribution in [3.8, 4) is 17.1 Å². The highest BCUT2D eigenvalue weighted by molar-refractivity contribution is 5.86. The van der Waals surface area contributed by atoms with Crippen molar-refractivity contribution in [3.05, 3.63) is 60.6 Å². The Hall–Kier alpha value is -4.05. The molecule has 5 rings (SSSR count). The van der Waals surface area contributed by atoms with Crippen molar-refractivity contribution >= 4 is 27.9 Å². The molecule has 0 radical (unpaired) electrons. The molecule has 9 nitrogen and oxygen atoms in total. The van der Waals surface area contributed by atoms with Crippen LogP contribution in [-0.2, 0) is 6.42 Å². The van der Waals surface area contributed by atoms with E-state index < -0.39 is 5.82 Å². The molecule has 0 amide bonds. The Bertz CT molecular complexity index is 1480. The van der Waals surface area contributed by atoms with E-state index >= 15 is 0 Å². The van der Waals surface area contributed by atoms with Crippen molar-refractivity contribution in [1.82, 2.24) is 29.5 Å². The van der Waals surface area contributed by atoms with Crippen LogP contribution in [0.1, 0.15) is 25.5 Å². The molecule has 0 aliphatic carbocycles. The molecular weight excluding hydrogens is 447 g/mol. The number of pyridine rings is 1. The Morgan fingerprint density at radius 1 is 1.20 bits per heavy atom. The minimum absolute atomic E-state index is 0.158. The maximum atomic E-state index is 13.8. The first-order valence-electron chi connectivity index (χ1n) is 11.6. The van der Waals surface area contributed by atoms with Gasteiger partial charge in [-0.3, -0.25) is 4.98 Å². The summed E-state index contributed by atoms with van der Waals surface area (Å²) in [6.45, 7) is 5.70. The largest absolute Gasteiger partial charge is 0.492 e. The number of nitrogens with two attached hydrogens (primary N) is 1. The number of imidazole rings is 1. The number of halogens is 1. The number of nitrogens with zero attached hydrogens (tertiary/aromatic N) is 5. The quantitative estimate of drug-likeness (QED) is 0.294. The van der Waals surface area contributed by atoms with E-state index in [1.165, 1.54) is 11.6 Å². The van der Waals surface area contributed by atoms with Crippen molar-refractivity contribution < 1.29 is 9.13 Å². The van der Waals surface area contributed by atoms with E-state index in [2.05, 4.69) is 50.2 Å². The molecule has 0 unspecified atom stereocenters. The molecule has 0 atom stereocenters. The number of ether oxygens (including phenoxy) is 1. The first-order chi connectivity index (χ1) is 17.0. The molecule has 0 bridgehead atoms. The third-order valence-electron chi connectivity index (χ3n) is 5.75. The molecule has 180 valence electrons. The zero-order valence-electron chi connectivity index (χ0n) is 19.6. The molecular formula is C25H27FN8O. The molecule has 0 spiro atoms. The van der Waals surface area contributed by atoms with Gasteiger partial charge in [0.05, 0.1) is 12.5 Å². The number of rotatable bonds is 9. The topological polar surface area (TPSA) is 120 Å². The highest BCUT2D eigenvalue weighted by Crippen LogP contribution is 2.27. The highest BCUT2D eigenvalue weighted by Gasteiger charge is 2.16. The molecule has 4 N–H and O–H groups in total. The lowest BCUT2D eigenvalue weighted by molar-refractivity contribution is 0.329. The first kappa shape index (κ1) is 22.7. The minimum Gasteiger partial charge on any atom is -0.492 e. The number of hydrogen-bond donors (Lipinski definition) is 3. The number of benzene rings is 1. The number of nitrogens with one attached hydrogen (secondary N) is 2. The van der Waals surface area contributed by atoms with Gasteiger partial charge in [0.15, 0.2) is 17.3 Å². The maximum Gasteiger partial charge on any atom is 0.166 e. The summed E-state index contributed by atoms with van der Waals surface area (Å²) >= 11 is 0. The number of hydrogen-bond acceptors (Lipinski definition) is 7. The number of H-pyrrole nitrogens is 1. The summed E-state index contributed by atoms with van der Waals surface area (Å²) < 4.78 is 21.4. The normalized spacial score (nSPS) is 11.6. The van der Waals surface area contributed by atoms with Crippen molar-refractivity contribution in [2.24, 2.45) is 5.73 Å². The Morgan fingerprint density at radius 2 is 2.09 bits per heavy atom. The summed E-state index contributed by atoms with van der Waals surface area (Å²) in [5, 5.41) is 4.55. The smallest absolute Gasteiger partial charge is 0.166 e. The molecule has 4 aromatic heterocycles. The van der Waals surface area contributed by atoms with E-state index in [4.69, 9.17) is 10.5 Å². The Morgan fingerprint density at radius 3 is 2.89 bits per heavy atom. The molecule has 35 heavy (non-hydrogen) atoms. The van der Waals surface area contributed by atoms with Gasteiger partial charge in [-0.2, -0.15) is 0 Å². The second-order valence-electron chi connectivity index (χ2n) is 8.54. The molecule has 10 heteroatoms. The van der Waals surface area contributed by atoms with Crippen molar-refractivity contribution in [2.45, 2.75) is 26.3 Å². The summed E-state index contributed by atoms with van der Waals surface area (Å²) in [4.78, 5) is 21.1. The number of aromatic nitrogens is 6. The monoisotopic (exact) mass is 474 g/mol. The van der Waals surface area contributed by atoms with Crippen LogP contribution in [0.5, 0.6) is 5.75 Å². The van der Waals surface area contributed by atoms with Gasteiger partial charge < -0.3 is 25.3 Å². The van der Waals surface area contributed by atoms with Crippen LogP contribution in [0.4, 0.5) is 10.2 Å². The standard InChI is InChI=1S/C25H27FN8O/c1-15(2)34-14-31-22-24(32-23(33-25(22)34)17-9-18(26)13-28-11-17)29-7-5-16-12-30-21-10-19(35-8-6-27)3-4-20(16)21/h3-4,9-15,30H,5-8,27H2,1-2H3,(H,29,32,33). The predicted octanol–water partition coefficient (Wildman–Crippen LogP) is 4.08. The van der Waals surface area contributed by atoms with Gasteiger partial charge in [0.1, 0.15) is 23.7 Å². The number of fused-ring (bicyclic) bond motifs is 2. The van der Waals surface area contributed by atoms with Gasteiger partial charge in [-0.25, -0.2) is 19.3 Å². The molecule has 0 saturated carbocycles. The maximum absolute atomic E-state index is 13.8. The lowest BCUT2D eigenvalue weighted by Gasteiger charge is -2.11. The van der Waals surface area contributed by atoms with Gasteiger partial charge in [-0.15, -0.1) is 0 Å². The molecule has 0 aliphatic heterocycles. The lowest BCUT2D eigenvalue weighted by atomic mass is 10.1. The van der Waals surface area contributed by atoms with E-state index in [9.17, 15) is 4.39 Å². The number of aromatic amines is 1. The van der Waals surface area contributed by atoms with Crippen LogP contribution in [-0.4, -0.2) is 49.2 Å². The summed E-state index contributed by atoms with van der Waals surface area (Å²) in [6.07, 6.45) is 7.24. The van der Waals surface area contributed by atoms with Crippen molar-refractivity contribution in [1.29, 1.82) is 0 Å². The van der Waals surface area contributed by atoms with Gasteiger partial charge in [0.2, 0.25) is 0 Å².